The maximum Gasteiger partial charge on any atom is 0.253 e. The van der Waals surface area contributed by atoms with Gasteiger partial charge in [0.15, 0.2) is 0 Å². The molecule has 2 aliphatic heterocycles. The van der Waals surface area contributed by atoms with E-state index in [2.05, 4.69) is 0 Å². The summed E-state index contributed by atoms with van der Waals surface area (Å²) in [4.78, 5) is 28.1. The minimum absolute atomic E-state index is 0.0435. The highest BCUT2D eigenvalue weighted by Crippen LogP contribution is 2.20. The van der Waals surface area contributed by atoms with Crippen LogP contribution in [0.1, 0.15) is 36.0 Å². The van der Waals surface area contributed by atoms with Crippen molar-refractivity contribution in [3.05, 3.63) is 29.8 Å². The molecule has 2 fully saturated rings. The van der Waals surface area contributed by atoms with E-state index in [0.717, 1.165) is 51.1 Å². The number of carbonyl (C=O) groups is 2. The third kappa shape index (κ3) is 4.75. The van der Waals surface area contributed by atoms with E-state index in [1.165, 1.54) is 0 Å². The van der Waals surface area contributed by atoms with E-state index in [1.54, 1.807) is 7.11 Å². The topological polar surface area (TPSA) is 59.1 Å². The minimum Gasteiger partial charge on any atom is -0.493 e. The highest BCUT2D eigenvalue weighted by Gasteiger charge is 2.24. The number of piperidine rings is 1. The Morgan fingerprint density at radius 2 is 1.73 bits per heavy atom. The van der Waals surface area contributed by atoms with E-state index >= 15 is 0 Å². The smallest absolute Gasteiger partial charge is 0.253 e. The number of hydrogen-bond acceptors (Lipinski definition) is 4. The molecule has 0 unspecified atom stereocenters. The number of likely N-dealkylation sites (tertiary alicyclic amines) is 2. The molecule has 2 heterocycles. The first-order chi connectivity index (χ1) is 12.7. The summed E-state index contributed by atoms with van der Waals surface area (Å²) < 4.78 is 10.8. The molecule has 1 aromatic carbocycles. The van der Waals surface area contributed by atoms with Gasteiger partial charge in [0, 0.05) is 44.8 Å². The van der Waals surface area contributed by atoms with Crippen LogP contribution in [0.15, 0.2) is 24.3 Å². The first-order valence-electron chi connectivity index (χ1n) is 9.46. The van der Waals surface area contributed by atoms with Crippen molar-refractivity contribution in [2.45, 2.75) is 25.7 Å². The summed E-state index contributed by atoms with van der Waals surface area (Å²) in [6.45, 7) is 3.95. The Kier molecular flexibility index (Phi) is 6.50. The van der Waals surface area contributed by atoms with Crippen molar-refractivity contribution in [2.24, 2.45) is 5.92 Å². The Morgan fingerprint density at radius 1 is 1.04 bits per heavy atom. The number of carbonyl (C=O) groups excluding carboxylic acids is 2. The van der Waals surface area contributed by atoms with Crippen molar-refractivity contribution in [2.75, 3.05) is 46.5 Å². The van der Waals surface area contributed by atoms with Gasteiger partial charge in [-0.3, -0.25) is 9.59 Å². The van der Waals surface area contributed by atoms with E-state index < -0.39 is 0 Å². The summed E-state index contributed by atoms with van der Waals surface area (Å²) in [7, 11) is 1.54. The monoisotopic (exact) mass is 360 g/mol. The van der Waals surface area contributed by atoms with Crippen LogP contribution in [0.4, 0.5) is 0 Å². The number of benzene rings is 1. The van der Waals surface area contributed by atoms with Crippen molar-refractivity contribution in [1.29, 1.82) is 0 Å². The van der Waals surface area contributed by atoms with Crippen LogP contribution in [0, 0.1) is 5.92 Å². The average molecular weight is 360 g/mol. The predicted molar refractivity (Wildman–Crippen MR) is 98.3 cm³/mol. The van der Waals surface area contributed by atoms with Gasteiger partial charge in [-0.1, -0.05) is 0 Å². The Hall–Kier alpha value is -2.08. The summed E-state index contributed by atoms with van der Waals surface area (Å²) in [5.41, 5.74) is 0.716. The zero-order valence-electron chi connectivity index (χ0n) is 15.5. The van der Waals surface area contributed by atoms with Gasteiger partial charge in [0.05, 0.1) is 6.61 Å². The van der Waals surface area contributed by atoms with Gasteiger partial charge in [-0.05, 0) is 49.9 Å². The second-order valence-electron chi connectivity index (χ2n) is 7.12. The van der Waals surface area contributed by atoms with Gasteiger partial charge in [-0.25, -0.2) is 0 Å². The highest BCUT2D eigenvalue weighted by molar-refractivity contribution is 5.94. The molecule has 1 atom stereocenters. The molecule has 0 N–H and O–H groups in total. The molecule has 2 aliphatic rings. The second-order valence-corrected chi connectivity index (χ2v) is 7.12. The molecule has 0 saturated carbocycles. The number of ether oxygens (including phenoxy) is 2. The van der Waals surface area contributed by atoms with Crippen molar-refractivity contribution in [3.8, 4) is 5.75 Å². The van der Waals surface area contributed by atoms with Crippen LogP contribution in [0.2, 0.25) is 0 Å². The Morgan fingerprint density at radius 3 is 2.42 bits per heavy atom. The predicted octanol–water partition coefficient (Wildman–Crippen LogP) is 2.19. The van der Waals surface area contributed by atoms with E-state index in [-0.39, 0.29) is 18.4 Å². The molecule has 142 valence electrons. The van der Waals surface area contributed by atoms with Crippen LogP contribution < -0.4 is 4.74 Å². The van der Waals surface area contributed by atoms with Gasteiger partial charge in [-0.2, -0.15) is 0 Å². The van der Waals surface area contributed by atoms with Crippen LogP contribution >= 0.6 is 0 Å². The summed E-state index contributed by atoms with van der Waals surface area (Å²) in [5, 5.41) is 0. The normalized spacial score (nSPS) is 20.3. The van der Waals surface area contributed by atoms with Crippen LogP contribution in [-0.2, 0) is 9.53 Å². The van der Waals surface area contributed by atoms with E-state index in [0.29, 0.717) is 24.6 Å². The van der Waals surface area contributed by atoms with Gasteiger partial charge in [-0.15, -0.1) is 0 Å². The van der Waals surface area contributed by atoms with Crippen LogP contribution in [-0.4, -0.2) is 68.1 Å². The molecule has 26 heavy (non-hydrogen) atoms. The van der Waals surface area contributed by atoms with Gasteiger partial charge >= 0.3 is 0 Å². The molecule has 0 bridgehead atoms. The zero-order chi connectivity index (χ0) is 18.4. The van der Waals surface area contributed by atoms with Crippen molar-refractivity contribution >= 4 is 11.8 Å². The first-order valence-corrected chi connectivity index (χ1v) is 9.46. The number of amides is 2. The van der Waals surface area contributed by atoms with Crippen LogP contribution in [0.3, 0.4) is 0 Å². The molecule has 1 aromatic rings. The Labute approximate surface area is 155 Å². The second kappa shape index (κ2) is 9.03. The van der Waals surface area contributed by atoms with E-state index in [1.807, 2.05) is 34.1 Å². The lowest BCUT2D eigenvalue weighted by Crippen LogP contribution is -2.43. The maximum absolute atomic E-state index is 12.4. The van der Waals surface area contributed by atoms with Gasteiger partial charge in [0.25, 0.3) is 5.91 Å². The average Bonchev–Trinajstić information content (AvgIpc) is 3.21. The number of nitrogens with zero attached hydrogens (tertiary/aromatic N) is 2. The fraction of sp³-hybridized carbons (Fsp3) is 0.600. The molecule has 0 radical (unpaired) electrons. The molecular weight excluding hydrogens is 332 g/mol. The molecule has 0 spiro atoms. The molecule has 2 saturated heterocycles. The van der Waals surface area contributed by atoms with E-state index in [4.69, 9.17) is 9.47 Å². The molecule has 0 aromatic heterocycles. The summed E-state index contributed by atoms with van der Waals surface area (Å²) in [5.74, 6) is 1.24. The van der Waals surface area contributed by atoms with Crippen molar-refractivity contribution < 1.29 is 19.1 Å². The number of methoxy groups -OCH3 is 1. The molecule has 0 aliphatic carbocycles. The standard InChI is InChI=1S/C20H28N2O4/c1-25-15-19(23)22-12-4-5-16(13-22)14-26-18-8-6-17(7-9-18)20(24)21-10-2-3-11-21/h6-9,16H,2-5,10-15H2,1H3/t16-/m1/s1. The number of hydrogen-bond donors (Lipinski definition) is 0. The lowest BCUT2D eigenvalue weighted by Gasteiger charge is -2.32. The summed E-state index contributed by atoms with van der Waals surface area (Å²) in [6.07, 6.45) is 4.24. The largest absolute Gasteiger partial charge is 0.493 e. The fourth-order valence-electron chi connectivity index (χ4n) is 3.65. The fourth-order valence-corrected chi connectivity index (χ4v) is 3.65. The molecule has 3 rings (SSSR count). The third-order valence-corrected chi connectivity index (χ3v) is 5.12. The maximum atomic E-state index is 12.4. The van der Waals surface area contributed by atoms with Crippen molar-refractivity contribution in [3.63, 3.8) is 0 Å². The minimum atomic E-state index is 0.0435. The molecule has 2 amide bonds. The van der Waals surface area contributed by atoms with Crippen LogP contribution in [0.5, 0.6) is 5.75 Å². The molecular formula is C20H28N2O4. The quantitative estimate of drug-likeness (QED) is 0.780. The third-order valence-electron chi connectivity index (χ3n) is 5.12. The lowest BCUT2D eigenvalue weighted by atomic mass is 9.99. The first kappa shape index (κ1) is 18.7. The summed E-state index contributed by atoms with van der Waals surface area (Å²) >= 11 is 0. The Bertz CT molecular complexity index is 611. The highest BCUT2D eigenvalue weighted by atomic mass is 16.5. The van der Waals surface area contributed by atoms with Crippen molar-refractivity contribution in [1.82, 2.24) is 9.80 Å². The van der Waals surface area contributed by atoms with Gasteiger partial charge < -0.3 is 19.3 Å². The zero-order valence-corrected chi connectivity index (χ0v) is 15.5. The molecule has 6 heteroatoms. The number of rotatable bonds is 6. The van der Waals surface area contributed by atoms with E-state index in [9.17, 15) is 9.59 Å². The molecule has 6 nitrogen and oxygen atoms in total. The van der Waals surface area contributed by atoms with Crippen LogP contribution in [0.25, 0.3) is 0 Å². The summed E-state index contributed by atoms with van der Waals surface area (Å²) in [6, 6.07) is 7.40. The van der Waals surface area contributed by atoms with Gasteiger partial charge in [0.1, 0.15) is 12.4 Å². The lowest BCUT2D eigenvalue weighted by molar-refractivity contribution is -0.137. The SMILES string of the molecule is COCC(=O)N1CCC[C@@H](COc2ccc(C(=O)N3CCCC3)cc2)C1. The van der Waals surface area contributed by atoms with Gasteiger partial charge in [0.2, 0.25) is 5.91 Å². The Balaban J connectivity index is 1.48.